The maximum atomic E-state index is 11.5. The number of benzene rings is 1. The van der Waals surface area contributed by atoms with Crippen LogP contribution in [0.1, 0.15) is 25.0 Å². The van der Waals surface area contributed by atoms with Gasteiger partial charge in [0.25, 0.3) is 5.91 Å². The van der Waals surface area contributed by atoms with Crippen LogP contribution in [0.2, 0.25) is 0 Å². The molecule has 0 bridgehead atoms. The van der Waals surface area contributed by atoms with Crippen molar-refractivity contribution < 1.29 is 19.1 Å². The first-order valence-electron chi connectivity index (χ1n) is 7.36. The minimum Gasteiger partial charge on any atom is -0.452 e. The SMILES string of the molecule is Cc1ccc(/C=C/C(=O)OCC(=O)NC(=O)NCC(C)C)cc1. The van der Waals surface area contributed by atoms with Gasteiger partial charge in [-0.25, -0.2) is 9.59 Å². The van der Waals surface area contributed by atoms with Gasteiger partial charge in [0.15, 0.2) is 6.61 Å². The van der Waals surface area contributed by atoms with Crippen LogP contribution < -0.4 is 10.6 Å². The second kappa shape index (κ2) is 9.40. The number of carbonyl (C=O) groups is 3. The zero-order valence-electron chi connectivity index (χ0n) is 13.6. The molecule has 0 fully saturated rings. The number of urea groups is 1. The molecule has 6 nitrogen and oxygen atoms in total. The van der Waals surface area contributed by atoms with Crippen LogP contribution in [-0.2, 0) is 14.3 Å². The lowest BCUT2D eigenvalue weighted by Gasteiger charge is -2.08. The number of imide groups is 1. The monoisotopic (exact) mass is 318 g/mol. The van der Waals surface area contributed by atoms with Gasteiger partial charge >= 0.3 is 12.0 Å². The van der Waals surface area contributed by atoms with E-state index in [2.05, 4.69) is 10.6 Å². The van der Waals surface area contributed by atoms with E-state index in [1.54, 1.807) is 6.08 Å². The zero-order valence-corrected chi connectivity index (χ0v) is 13.6. The Bertz CT molecular complexity index is 577. The number of amides is 3. The van der Waals surface area contributed by atoms with E-state index in [1.165, 1.54) is 6.08 Å². The number of hydrogen-bond acceptors (Lipinski definition) is 4. The summed E-state index contributed by atoms with van der Waals surface area (Å²) in [5.74, 6) is -1.05. The van der Waals surface area contributed by atoms with Crippen LogP contribution in [0, 0.1) is 12.8 Å². The Morgan fingerprint density at radius 2 is 1.83 bits per heavy atom. The molecule has 23 heavy (non-hydrogen) atoms. The smallest absolute Gasteiger partial charge is 0.331 e. The minimum atomic E-state index is -0.677. The van der Waals surface area contributed by atoms with Crippen LogP contribution in [-0.4, -0.2) is 31.1 Å². The number of aryl methyl sites for hydroxylation is 1. The third-order valence-electron chi connectivity index (χ3n) is 2.76. The molecule has 6 heteroatoms. The van der Waals surface area contributed by atoms with Crippen LogP contribution in [0.4, 0.5) is 4.79 Å². The predicted octanol–water partition coefficient (Wildman–Crippen LogP) is 2.03. The van der Waals surface area contributed by atoms with E-state index in [4.69, 9.17) is 4.74 Å². The summed E-state index contributed by atoms with van der Waals surface area (Å²) < 4.78 is 4.76. The first kappa shape index (κ1) is 18.4. The Labute approximate surface area is 135 Å². The lowest BCUT2D eigenvalue weighted by molar-refractivity contribution is -0.143. The standard InChI is InChI=1S/C17H22N2O4/c1-12(2)10-18-17(22)19-15(20)11-23-16(21)9-8-14-6-4-13(3)5-7-14/h4-9,12H,10-11H2,1-3H3,(H2,18,19,20,22)/b9-8+. The van der Waals surface area contributed by atoms with Crippen molar-refractivity contribution in [3.8, 4) is 0 Å². The van der Waals surface area contributed by atoms with Gasteiger partial charge in [0.2, 0.25) is 0 Å². The van der Waals surface area contributed by atoms with Gasteiger partial charge in [-0.05, 0) is 24.5 Å². The highest BCUT2D eigenvalue weighted by Gasteiger charge is 2.09. The van der Waals surface area contributed by atoms with Crippen molar-refractivity contribution in [1.29, 1.82) is 0 Å². The molecule has 0 saturated carbocycles. The average Bonchev–Trinajstić information content (AvgIpc) is 2.50. The number of nitrogens with one attached hydrogen (secondary N) is 2. The second-order valence-electron chi connectivity index (χ2n) is 5.50. The lowest BCUT2D eigenvalue weighted by atomic mass is 10.1. The fourth-order valence-corrected chi connectivity index (χ4v) is 1.53. The Morgan fingerprint density at radius 3 is 2.43 bits per heavy atom. The molecule has 0 aliphatic rings. The molecule has 3 amide bonds. The van der Waals surface area contributed by atoms with Gasteiger partial charge in [0.05, 0.1) is 0 Å². The van der Waals surface area contributed by atoms with Crippen molar-refractivity contribution in [2.45, 2.75) is 20.8 Å². The Hall–Kier alpha value is -2.63. The molecule has 0 radical (unpaired) electrons. The molecule has 0 unspecified atom stereocenters. The van der Waals surface area contributed by atoms with E-state index in [0.717, 1.165) is 11.1 Å². The number of esters is 1. The van der Waals surface area contributed by atoms with Crippen molar-refractivity contribution in [2.24, 2.45) is 5.92 Å². The first-order chi connectivity index (χ1) is 10.9. The van der Waals surface area contributed by atoms with Gasteiger partial charge < -0.3 is 10.1 Å². The zero-order chi connectivity index (χ0) is 17.2. The van der Waals surface area contributed by atoms with Crippen LogP contribution in [0.15, 0.2) is 30.3 Å². The first-order valence-corrected chi connectivity index (χ1v) is 7.36. The average molecular weight is 318 g/mol. The molecule has 0 heterocycles. The van der Waals surface area contributed by atoms with E-state index in [-0.39, 0.29) is 5.92 Å². The summed E-state index contributed by atoms with van der Waals surface area (Å²) in [6.45, 7) is 5.79. The minimum absolute atomic E-state index is 0.278. The van der Waals surface area contributed by atoms with Crippen molar-refractivity contribution in [1.82, 2.24) is 10.6 Å². The largest absolute Gasteiger partial charge is 0.452 e. The summed E-state index contributed by atoms with van der Waals surface area (Å²) in [6, 6.07) is 6.98. The molecule has 1 aromatic rings. The van der Waals surface area contributed by atoms with Crippen LogP contribution in [0.3, 0.4) is 0 Å². The van der Waals surface area contributed by atoms with Crippen molar-refractivity contribution in [2.75, 3.05) is 13.2 Å². The Balaban J connectivity index is 2.31. The van der Waals surface area contributed by atoms with E-state index in [9.17, 15) is 14.4 Å². The highest BCUT2D eigenvalue weighted by atomic mass is 16.5. The molecule has 0 atom stereocenters. The van der Waals surface area contributed by atoms with Crippen molar-refractivity contribution in [3.63, 3.8) is 0 Å². The highest BCUT2D eigenvalue weighted by molar-refractivity contribution is 5.96. The summed E-state index contributed by atoms with van der Waals surface area (Å²) in [6.07, 6.45) is 2.83. The lowest BCUT2D eigenvalue weighted by Crippen LogP contribution is -2.42. The molecule has 2 N–H and O–H groups in total. The third-order valence-corrected chi connectivity index (χ3v) is 2.76. The molecule has 0 aromatic heterocycles. The normalized spacial score (nSPS) is 10.6. The van der Waals surface area contributed by atoms with Gasteiger partial charge in [0, 0.05) is 12.6 Å². The molecule has 0 spiro atoms. The topological polar surface area (TPSA) is 84.5 Å². The van der Waals surface area contributed by atoms with Crippen LogP contribution in [0.5, 0.6) is 0 Å². The van der Waals surface area contributed by atoms with Crippen LogP contribution in [0.25, 0.3) is 6.08 Å². The van der Waals surface area contributed by atoms with E-state index >= 15 is 0 Å². The molecule has 1 rings (SSSR count). The van der Waals surface area contributed by atoms with Crippen LogP contribution >= 0.6 is 0 Å². The van der Waals surface area contributed by atoms with E-state index < -0.39 is 24.5 Å². The molecule has 0 aliphatic carbocycles. The van der Waals surface area contributed by atoms with Crippen molar-refractivity contribution >= 4 is 24.0 Å². The summed E-state index contributed by atoms with van der Waals surface area (Å²) in [4.78, 5) is 34.3. The molecular formula is C17H22N2O4. The highest BCUT2D eigenvalue weighted by Crippen LogP contribution is 2.04. The fraction of sp³-hybridized carbons (Fsp3) is 0.353. The summed E-state index contributed by atoms with van der Waals surface area (Å²) in [7, 11) is 0. The predicted molar refractivity (Wildman–Crippen MR) is 87.6 cm³/mol. The number of ether oxygens (including phenoxy) is 1. The van der Waals surface area contributed by atoms with Gasteiger partial charge in [-0.15, -0.1) is 0 Å². The number of carbonyl (C=O) groups excluding carboxylic acids is 3. The summed E-state index contributed by atoms with van der Waals surface area (Å²) in [5, 5.41) is 4.61. The van der Waals surface area contributed by atoms with E-state index in [0.29, 0.717) is 6.54 Å². The maximum Gasteiger partial charge on any atom is 0.331 e. The Morgan fingerprint density at radius 1 is 1.17 bits per heavy atom. The molecule has 0 aliphatic heterocycles. The summed E-state index contributed by atoms with van der Waals surface area (Å²) >= 11 is 0. The molecular weight excluding hydrogens is 296 g/mol. The number of rotatable bonds is 6. The Kier molecular flexibility index (Phi) is 7.53. The fourth-order valence-electron chi connectivity index (χ4n) is 1.53. The van der Waals surface area contributed by atoms with Gasteiger partial charge in [-0.3, -0.25) is 10.1 Å². The third kappa shape index (κ3) is 8.40. The van der Waals surface area contributed by atoms with Gasteiger partial charge in [-0.1, -0.05) is 43.7 Å². The molecule has 0 saturated heterocycles. The molecule has 1 aromatic carbocycles. The summed E-state index contributed by atoms with van der Waals surface area (Å²) in [5.41, 5.74) is 1.97. The van der Waals surface area contributed by atoms with Gasteiger partial charge in [0.1, 0.15) is 0 Å². The number of hydrogen-bond donors (Lipinski definition) is 2. The quantitative estimate of drug-likeness (QED) is 0.621. The van der Waals surface area contributed by atoms with E-state index in [1.807, 2.05) is 45.0 Å². The maximum absolute atomic E-state index is 11.5. The van der Waals surface area contributed by atoms with Crippen molar-refractivity contribution in [3.05, 3.63) is 41.5 Å². The second-order valence-corrected chi connectivity index (χ2v) is 5.50. The van der Waals surface area contributed by atoms with Gasteiger partial charge in [-0.2, -0.15) is 0 Å². The molecule has 124 valence electrons.